The fourth-order valence-corrected chi connectivity index (χ4v) is 8.39. The van der Waals surface area contributed by atoms with Gasteiger partial charge in [0.1, 0.15) is 5.65 Å². The lowest BCUT2D eigenvalue weighted by molar-refractivity contribution is 1.04. The van der Waals surface area contributed by atoms with Crippen molar-refractivity contribution in [3.05, 3.63) is 200 Å². The summed E-state index contributed by atoms with van der Waals surface area (Å²) in [5.41, 5.74) is 12.0. The average Bonchev–Trinajstić information content (AvgIpc) is 3.84. The van der Waals surface area contributed by atoms with Crippen molar-refractivity contribution >= 4 is 66.9 Å². The van der Waals surface area contributed by atoms with Crippen LogP contribution in [0.4, 0.5) is 0 Å². The fraction of sp³-hybridized carbons (Fsp3) is 0.0370. The van der Waals surface area contributed by atoms with E-state index in [-0.39, 0.29) is 0 Å². The van der Waals surface area contributed by atoms with Crippen LogP contribution in [0.2, 0.25) is 0 Å². The first-order chi connectivity index (χ1) is 29.6. The number of aromatic nitrogens is 6. The summed E-state index contributed by atoms with van der Waals surface area (Å²) >= 11 is 0. The van der Waals surface area contributed by atoms with Gasteiger partial charge in [0.05, 0.1) is 27.9 Å². The smallest absolute Gasteiger partial charge is 0.164 e. The number of pyridine rings is 1. The fourth-order valence-electron chi connectivity index (χ4n) is 8.39. The summed E-state index contributed by atoms with van der Waals surface area (Å²) in [6, 6.07) is 49.2. The van der Waals surface area contributed by atoms with Gasteiger partial charge in [-0.15, -0.1) is 0 Å². The van der Waals surface area contributed by atoms with E-state index < -0.39 is 0 Å². The highest BCUT2D eigenvalue weighted by atomic mass is 15.0. The minimum Gasteiger partial charge on any atom is -0.309 e. The van der Waals surface area contributed by atoms with Crippen LogP contribution >= 0.6 is 0 Å². The molecule has 6 aromatic carbocycles. The van der Waals surface area contributed by atoms with Crippen LogP contribution in [0.25, 0.3) is 106 Å². The summed E-state index contributed by atoms with van der Waals surface area (Å²) < 4.78 is 4.65. The molecule has 0 radical (unpaired) electrons. The van der Waals surface area contributed by atoms with E-state index in [1.54, 1.807) is 6.08 Å². The van der Waals surface area contributed by atoms with Gasteiger partial charge in [0.2, 0.25) is 0 Å². The molecular formula is C54H40N6. The lowest BCUT2D eigenvalue weighted by atomic mass is 10.0. The van der Waals surface area contributed by atoms with Crippen LogP contribution in [-0.4, -0.2) is 28.9 Å². The van der Waals surface area contributed by atoms with E-state index in [2.05, 4.69) is 143 Å². The number of allylic oxidation sites excluding steroid dienone is 6. The molecule has 0 aliphatic carbocycles. The van der Waals surface area contributed by atoms with Crippen molar-refractivity contribution in [3.8, 4) is 39.6 Å². The number of hydrogen-bond acceptors (Lipinski definition) is 4. The van der Waals surface area contributed by atoms with Crippen molar-refractivity contribution in [1.82, 2.24) is 28.9 Å². The van der Waals surface area contributed by atoms with Crippen molar-refractivity contribution in [1.29, 1.82) is 0 Å². The molecule has 6 heteroatoms. The van der Waals surface area contributed by atoms with Crippen LogP contribution < -0.4 is 0 Å². The van der Waals surface area contributed by atoms with Crippen LogP contribution in [-0.2, 0) is 0 Å². The molecule has 4 aromatic heterocycles. The van der Waals surface area contributed by atoms with Crippen LogP contribution in [0.3, 0.4) is 0 Å². The molecule has 0 saturated heterocycles. The van der Waals surface area contributed by atoms with Gasteiger partial charge in [-0.05, 0) is 85.0 Å². The zero-order valence-electron chi connectivity index (χ0n) is 33.4. The zero-order valence-corrected chi connectivity index (χ0v) is 33.4. The van der Waals surface area contributed by atoms with Crippen molar-refractivity contribution in [3.63, 3.8) is 0 Å². The summed E-state index contributed by atoms with van der Waals surface area (Å²) in [4.78, 5) is 20.1. The Morgan fingerprint density at radius 2 is 1.20 bits per heavy atom. The third-order valence-corrected chi connectivity index (χ3v) is 11.1. The van der Waals surface area contributed by atoms with Gasteiger partial charge in [-0.1, -0.05) is 141 Å². The third kappa shape index (κ3) is 6.05. The third-order valence-electron chi connectivity index (χ3n) is 11.1. The van der Waals surface area contributed by atoms with E-state index in [1.165, 1.54) is 21.5 Å². The van der Waals surface area contributed by atoms with Gasteiger partial charge in [0.25, 0.3) is 0 Å². The van der Waals surface area contributed by atoms with Gasteiger partial charge in [-0.3, -0.25) is 4.40 Å². The van der Waals surface area contributed by atoms with Crippen LogP contribution in [0.15, 0.2) is 183 Å². The Bertz CT molecular complexity index is 3430. The van der Waals surface area contributed by atoms with Crippen LogP contribution in [0.1, 0.15) is 31.1 Å². The summed E-state index contributed by atoms with van der Waals surface area (Å²) in [7, 11) is 0. The Morgan fingerprint density at radius 3 is 1.95 bits per heavy atom. The number of nitrogens with zero attached hydrogens (tertiary/aromatic N) is 6. The lowest BCUT2D eigenvalue weighted by Gasteiger charge is -2.13. The molecule has 6 nitrogen and oxygen atoms in total. The van der Waals surface area contributed by atoms with Gasteiger partial charge in [0, 0.05) is 43.9 Å². The van der Waals surface area contributed by atoms with E-state index in [0.29, 0.717) is 17.5 Å². The maximum atomic E-state index is 5.19. The highest BCUT2D eigenvalue weighted by molar-refractivity contribution is 6.21. The summed E-state index contributed by atoms with van der Waals surface area (Å²) in [5.74, 6) is 1.77. The molecule has 0 atom stereocenters. The quantitative estimate of drug-likeness (QED) is 0.108. The summed E-state index contributed by atoms with van der Waals surface area (Å²) in [6.45, 7) is 12.2. The predicted molar refractivity (Wildman–Crippen MR) is 252 cm³/mol. The first-order valence-corrected chi connectivity index (χ1v) is 20.1. The van der Waals surface area contributed by atoms with Gasteiger partial charge in [-0.25, -0.2) is 19.9 Å². The monoisotopic (exact) mass is 772 g/mol. The first kappa shape index (κ1) is 36.4. The molecule has 0 aliphatic heterocycles. The van der Waals surface area contributed by atoms with Crippen molar-refractivity contribution in [2.24, 2.45) is 0 Å². The van der Waals surface area contributed by atoms with Gasteiger partial charge < -0.3 is 4.57 Å². The van der Waals surface area contributed by atoms with E-state index in [9.17, 15) is 0 Å². The zero-order chi connectivity index (χ0) is 40.7. The first-order valence-electron chi connectivity index (χ1n) is 20.1. The van der Waals surface area contributed by atoms with E-state index in [4.69, 9.17) is 19.9 Å². The van der Waals surface area contributed by atoms with Gasteiger partial charge in [0.15, 0.2) is 17.5 Å². The number of benzene rings is 6. The normalized spacial score (nSPS) is 12.3. The number of rotatable bonds is 9. The molecule has 60 heavy (non-hydrogen) atoms. The maximum Gasteiger partial charge on any atom is 0.164 e. The molecule has 4 heterocycles. The molecule has 0 bridgehead atoms. The molecule has 286 valence electrons. The number of para-hydroxylation sites is 2. The Hall–Kier alpha value is -7.96. The molecule has 0 unspecified atom stereocenters. The second kappa shape index (κ2) is 15.1. The molecule has 0 N–H and O–H groups in total. The Morgan fingerprint density at radius 1 is 0.533 bits per heavy atom. The largest absolute Gasteiger partial charge is 0.309 e. The second-order valence-corrected chi connectivity index (χ2v) is 14.7. The molecule has 10 aromatic rings. The Labute approximate surface area is 348 Å². The molecule has 0 spiro atoms. The highest BCUT2D eigenvalue weighted by Crippen LogP contribution is 2.40. The van der Waals surface area contributed by atoms with Crippen molar-refractivity contribution < 1.29 is 0 Å². The molecule has 0 aliphatic rings. The Kier molecular flexibility index (Phi) is 9.15. The predicted octanol–water partition coefficient (Wildman–Crippen LogP) is 13.7. The van der Waals surface area contributed by atoms with Crippen molar-refractivity contribution in [2.45, 2.75) is 13.8 Å². The maximum absolute atomic E-state index is 5.19. The standard InChI is InChI=1S/C54H40N6/c1-5-9-20-35(7-3)51-56-52(36-21-11-10-12-22-36)58-53(57-51)39-25-17-23-37(31-39)38-24-18-26-40(32-38)59-47-29-15-14-28-42(47)44-33-43-41-27-13-16-30-48(41)60-49(19-6-2)46(8-4)55-54(60)45(43)34-50(44)59/h5-34H,3-4H2,1-2H3/b9-5-,19-6-,35-20+. The van der Waals surface area contributed by atoms with Gasteiger partial charge in [-0.2, -0.15) is 0 Å². The number of fused-ring (bicyclic) bond motifs is 9. The minimum atomic E-state index is 0.567. The SMILES string of the molecule is C=C/C(=C\C=C/C)c1nc(-c2ccccc2)nc(-c2cccc(-c3cccc(-n4c5ccccc5c5cc6c7ccccc7n7c(/C=C\C)c(C=C)nc7c6cc54)c3)c2)n1. The van der Waals surface area contributed by atoms with Crippen molar-refractivity contribution in [2.75, 3.05) is 0 Å². The highest BCUT2D eigenvalue weighted by Gasteiger charge is 2.20. The van der Waals surface area contributed by atoms with Gasteiger partial charge >= 0.3 is 0 Å². The Balaban J connectivity index is 1.16. The van der Waals surface area contributed by atoms with Crippen LogP contribution in [0.5, 0.6) is 0 Å². The molecule has 0 amide bonds. The summed E-state index contributed by atoms with van der Waals surface area (Å²) in [6.07, 6.45) is 13.7. The topological polar surface area (TPSA) is 60.9 Å². The van der Waals surface area contributed by atoms with E-state index in [0.717, 1.165) is 72.5 Å². The molecule has 0 fully saturated rings. The molecule has 10 rings (SSSR count). The average molecular weight is 773 g/mol. The lowest BCUT2D eigenvalue weighted by Crippen LogP contribution is -2.02. The molecule has 0 saturated carbocycles. The number of hydrogen-bond donors (Lipinski definition) is 0. The summed E-state index contributed by atoms with van der Waals surface area (Å²) in [5, 5.41) is 5.81. The number of imidazole rings is 1. The molecular weight excluding hydrogens is 733 g/mol. The van der Waals surface area contributed by atoms with Crippen LogP contribution in [0, 0.1) is 0 Å². The second-order valence-electron chi connectivity index (χ2n) is 14.7. The van der Waals surface area contributed by atoms with E-state index >= 15 is 0 Å². The minimum absolute atomic E-state index is 0.567. The van der Waals surface area contributed by atoms with E-state index in [1.807, 2.05) is 68.5 Å².